The number of aryl methyl sites for hydroxylation is 1. The molecule has 32 heavy (non-hydrogen) atoms. The molecule has 9 heteroatoms. The van der Waals surface area contributed by atoms with Crippen LogP contribution in [0.1, 0.15) is 24.0 Å². The van der Waals surface area contributed by atoms with Crippen LogP contribution in [0.3, 0.4) is 0 Å². The second kappa shape index (κ2) is 7.92. The molecule has 0 atom stereocenters. The fourth-order valence-corrected chi connectivity index (χ4v) is 3.72. The van der Waals surface area contributed by atoms with Crippen molar-refractivity contribution in [2.75, 3.05) is 5.73 Å². The van der Waals surface area contributed by atoms with E-state index in [-0.39, 0.29) is 5.95 Å². The van der Waals surface area contributed by atoms with Crippen molar-refractivity contribution in [3.05, 3.63) is 78.0 Å². The summed E-state index contributed by atoms with van der Waals surface area (Å²) in [5.74, 6) is 0.799. The number of pyridine rings is 1. The van der Waals surface area contributed by atoms with Gasteiger partial charge in [-0.1, -0.05) is 18.2 Å². The van der Waals surface area contributed by atoms with Crippen LogP contribution in [0.5, 0.6) is 0 Å². The summed E-state index contributed by atoms with van der Waals surface area (Å²) in [4.78, 5) is 13.9. The van der Waals surface area contributed by atoms with Gasteiger partial charge in [-0.2, -0.15) is 14.9 Å². The molecule has 0 spiro atoms. The second-order valence-corrected chi connectivity index (χ2v) is 7.18. The Hall–Kier alpha value is -4.58. The molecule has 0 unspecified atom stereocenters. The Morgan fingerprint density at radius 1 is 1.06 bits per heavy atom. The first kappa shape index (κ1) is 19.4. The number of hydrogen-bond donors (Lipinski definition) is 1. The fourth-order valence-electron chi connectivity index (χ4n) is 3.72. The molecule has 5 rings (SSSR count). The summed E-state index contributed by atoms with van der Waals surface area (Å²) >= 11 is 0. The minimum Gasteiger partial charge on any atom is -0.368 e. The number of aromatic nitrogens is 7. The molecule has 0 amide bonds. The summed E-state index contributed by atoms with van der Waals surface area (Å²) < 4.78 is 3.43. The Balaban J connectivity index is 1.78. The number of benzene rings is 1. The van der Waals surface area contributed by atoms with Gasteiger partial charge in [-0.05, 0) is 37.3 Å². The molecule has 1 aromatic carbocycles. The minimum atomic E-state index is 0.212. The second-order valence-electron chi connectivity index (χ2n) is 7.18. The molecule has 0 saturated carbocycles. The number of anilines is 1. The molecular weight excluding hydrogens is 402 g/mol. The number of rotatable bonds is 5. The SMILES string of the molecule is CCn1nccc1-c1c(-c2cccc(C#N)c2)nc(N)n2nc(Cc3ccccn3)nc12. The van der Waals surface area contributed by atoms with Crippen LogP contribution in [-0.2, 0) is 13.0 Å². The van der Waals surface area contributed by atoms with Crippen LogP contribution in [0.15, 0.2) is 60.9 Å². The van der Waals surface area contributed by atoms with Gasteiger partial charge in [0.25, 0.3) is 0 Å². The van der Waals surface area contributed by atoms with Gasteiger partial charge in [0.05, 0.1) is 35.0 Å². The van der Waals surface area contributed by atoms with Gasteiger partial charge in [0.15, 0.2) is 11.5 Å². The summed E-state index contributed by atoms with van der Waals surface area (Å²) in [6.07, 6.45) is 3.95. The van der Waals surface area contributed by atoms with Gasteiger partial charge < -0.3 is 5.73 Å². The molecule has 5 aromatic rings. The number of nitrogen functional groups attached to an aromatic ring is 1. The van der Waals surface area contributed by atoms with Crippen molar-refractivity contribution in [3.8, 4) is 28.6 Å². The Morgan fingerprint density at radius 3 is 2.75 bits per heavy atom. The zero-order valence-electron chi connectivity index (χ0n) is 17.3. The maximum atomic E-state index is 9.37. The maximum Gasteiger partial charge on any atom is 0.223 e. The van der Waals surface area contributed by atoms with Gasteiger partial charge in [0.1, 0.15) is 0 Å². The lowest BCUT2D eigenvalue weighted by atomic mass is 10.0. The molecular formula is C23H19N9. The molecule has 156 valence electrons. The Labute approximate surface area is 183 Å². The van der Waals surface area contributed by atoms with Crippen molar-refractivity contribution in [1.29, 1.82) is 5.26 Å². The van der Waals surface area contributed by atoms with Crippen LogP contribution in [0.25, 0.3) is 28.2 Å². The van der Waals surface area contributed by atoms with E-state index in [1.54, 1.807) is 29.0 Å². The van der Waals surface area contributed by atoms with Crippen LogP contribution in [0.4, 0.5) is 5.95 Å². The summed E-state index contributed by atoms with van der Waals surface area (Å²) in [6.45, 7) is 2.69. The van der Waals surface area contributed by atoms with Crippen molar-refractivity contribution in [2.45, 2.75) is 19.9 Å². The lowest BCUT2D eigenvalue weighted by Gasteiger charge is -2.13. The molecule has 0 aliphatic rings. The van der Waals surface area contributed by atoms with E-state index in [2.05, 4.69) is 26.2 Å². The predicted octanol–water partition coefficient (Wildman–Crippen LogP) is 3.11. The third-order valence-electron chi connectivity index (χ3n) is 5.16. The molecule has 4 heterocycles. The number of hydrogen-bond acceptors (Lipinski definition) is 7. The highest BCUT2D eigenvalue weighted by molar-refractivity contribution is 5.89. The summed E-state index contributed by atoms with van der Waals surface area (Å²) in [6, 6.07) is 17.1. The van der Waals surface area contributed by atoms with Gasteiger partial charge in [-0.3, -0.25) is 9.67 Å². The van der Waals surface area contributed by atoms with Gasteiger partial charge in [-0.25, -0.2) is 9.97 Å². The van der Waals surface area contributed by atoms with E-state index in [9.17, 15) is 5.26 Å². The first-order chi connectivity index (χ1) is 15.7. The molecule has 2 N–H and O–H groups in total. The third-order valence-corrected chi connectivity index (χ3v) is 5.16. The van der Waals surface area contributed by atoms with Crippen molar-refractivity contribution >= 4 is 11.6 Å². The largest absolute Gasteiger partial charge is 0.368 e. The molecule has 0 radical (unpaired) electrons. The molecule has 4 aromatic heterocycles. The van der Waals surface area contributed by atoms with E-state index < -0.39 is 0 Å². The van der Waals surface area contributed by atoms with Crippen molar-refractivity contribution < 1.29 is 0 Å². The minimum absolute atomic E-state index is 0.212. The van der Waals surface area contributed by atoms with Crippen LogP contribution in [-0.4, -0.2) is 34.3 Å². The topological polar surface area (TPSA) is 124 Å². The molecule has 0 bridgehead atoms. The van der Waals surface area contributed by atoms with Gasteiger partial charge in [0, 0.05) is 30.2 Å². The first-order valence-electron chi connectivity index (χ1n) is 10.2. The number of fused-ring (bicyclic) bond motifs is 1. The fraction of sp³-hybridized carbons (Fsp3) is 0.130. The Morgan fingerprint density at radius 2 is 1.97 bits per heavy atom. The van der Waals surface area contributed by atoms with E-state index >= 15 is 0 Å². The van der Waals surface area contributed by atoms with Crippen LogP contribution >= 0.6 is 0 Å². The highest BCUT2D eigenvalue weighted by atomic mass is 15.4. The van der Waals surface area contributed by atoms with Crippen molar-refractivity contribution in [1.82, 2.24) is 34.3 Å². The average Bonchev–Trinajstić information content (AvgIpc) is 3.47. The highest BCUT2D eigenvalue weighted by Crippen LogP contribution is 2.35. The standard InChI is InChI=1S/C23H19N9/c1-2-31-18(9-11-27-31)20-21(16-7-5-6-15(12-16)14-24)29-23(25)32-22(20)28-19(30-32)13-17-8-3-4-10-26-17/h3-12H,2,13H2,1H3,(H2,25,29). The van der Waals surface area contributed by atoms with Crippen molar-refractivity contribution in [2.24, 2.45) is 0 Å². The van der Waals surface area contributed by atoms with Crippen molar-refractivity contribution in [3.63, 3.8) is 0 Å². The van der Waals surface area contributed by atoms with Crippen LogP contribution in [0.2, 0.25) is 0 Å². The third kappa shape index (κ3) is 3.33. The van der Waals surface area contributed by atoms with E-state index in [4.69, 9.17) is 10.7 Å². The average molecular weight is 421 g/mol. The molecule has 0 aliphatic heterocycles. The summed E-state index contributed by atoms with van der Waals surface area (Å²) in [5, 5.41) is 18.4. The maximum absolute atomic E-state index is 9.37. The smallest absolute Gasteiger partial charge is 0.223 e. The van der Waals surface area contributed by atoms with E-state index in [0.29, 0.717) is 35.7 Å². The normalized spacial score (nSPS) is 11.0. The van der Waals surface area contributed by atoms with Gasteiger partial charge in [-0.15, -0.1) is 5.10 Å². The van der Waals surface area contributed by atoms with E-state index in [0.717, 1.165) is 22.5 Å². The predicted molar refractivity (Wildman–Crippen MR) is 119 cm³/mol. The number of nitrogens with zero attached hydrogens (tertiary/aromatic N) is 8. The molecule has 0 aliphatic carbocycles. The zero-order chi connectivity index (χ0) is 22.1. The Kier molecular flexibility index (Phi) is 4.80. The quantitative estimate of drug-likeness (QED) is 0.462. The van der Waals surface area contributed by atoms with Crippen LogP contribution < -0.4 is 5.73 Å². The van der Waals surface area contributed by atoms with E-state index in [1.807, 2.05) is 48.0 Å². The monoisotopic (exact) mass is 421 g/mol. The number of nitriles is 1. The van der Waals surface area contributed by atoms with Gasteiger partial charge >= 0.3 is 0 Å². The highest BCUT2D eigenvalue weighted by Gasteiger charge is 2.22. The van der Waals surface area contributed by atoms with Gasteiger partial charge in [0.2, 0.25) is 5.95 Å². The molecule has 0 fully saturated rings. The summed E-state index contributed by atoms with van der Waals surface area (Å²) in [5.41, 5.74) is 11.3. The van der Waals surface area contributed by atoms with E-state index in [1.165, 1.54) is 0 Å². The lowest BCUT2D eigenvalue weighted by molar-refractivity contribution is 0.667. The Bertz CT molecular complexity index is 1460. The van der Waals surface area contributed by atoms with Crippen LogP contribution in [0, 0.1) is 11.3 Å². The zero-order valence-corrected chi connectivity index (χ0v) is 17.3. The first-order valence-corrected chi connectivity index (χ1v) is 10.2. The summed E-state index contributed by atoms with van der Waals surface area (Å²) in [7, 11) is 0. The lowest BCUT2D eigenvalue weighted by Crippen LogP contribution is -2.08. The molecule has 9 nitrogen and oxygen atoms in total. The number of nitrogens with two attached hydrogens (primary N) is 1. The molecule has 0 saturated heterocycles.